The lowest BCUT2D eigenvalue weighted by atomic mass is 10.2. The van der Waals surface area contributed by atoms with Crippen LogP contribution in [0.2, 0.25) is 0 Å². The molecule has 1 heterocycles. The van der Waals surface area contributed by atoms with E-state index in [4.69, 9.17) is 0 Å². The predicted octanol–water partition coefficient (Wildman–Crippen LogP) is 2.20. The van der Waals surface area contributed by atoms with Crippen molar-refractivity contribution in [1.29, 1.82) is 0 Å². The summed E-state index contributed by atoms with van der Waals surface area (Å²) >= 11 is 3.35. The molecule has 6 nitrogen and oxygen atoms in total. The van der Waals surface area contributed by atoms with Crippen LogP contribution in [0.3, 0.4) is 0 Å². The Labute approximate surface area is 164 Å². The largest absolute Gasteiger partial charge is 0.340 e. The van der Waals surface area contributed by atoms with Crippen LogP contribution in [0.1, 0.15) is 32.1 Å². The quantitative estimate of drug-likeness (QED) is 0.731. The van der Waals surface area contributed by atoms with Gasteiger partial charge >= 0.3 is 0 Å². The Morgan fingerprint density at radius 1 is 1.15 bits per heavy atom. The molecule has 1 aromatic rings. The molecule has 0 unspecified atom stereocenters. The summed E-state index contributed by atoms with van der Waals surface area (Å²) in [6.45, 7) is 3.25. The fourth-order valence-electron chi connectivity index (χ4n) is 3.71. The molecule has 0 radical (unpaired) electrons. The second-order valence-corrected chi connectivity index (χ2v) is 9.69. The molecule has 1 N–H and O–H groups in total. The lowest BCUT2D eigenvalue weighted by Crippen LogP contribution is -2.48. The monoisotopic (exact) mass is 443 g/mol. The Morgan fingerprint density at radius 2 is 1.77 bits per heavy atom. The average Bonchev–Trinajstić information content (AvgIpc) is 3.17. The molecule has 2 fully saturated rings. The summed E-state index contributed by atoms with van der Waals surface area (Å²) < 4.78 is 28.8. The molecule has 2 aliphatic rings. The molecular weight excluding hydrogens is 418 g/mol. The zero-order valence-electron chi connectivity index (χ0n) is 14.9. The first-order valence-electron chi connectivity index (χ1n) is 9.24. The molecule has 1 saturated heterocycles. The van der Waals surface area contributed by atoms with Gasteiger partial charge in [-0.25, -0.2) is 8.42 Å². The van der Waals surface area contributed by atoms with E-state index in [9.17, 15) is 13.2 Å². The summed E-state index contributed by atoms with van der Waals surface area (Å²) in [5.41, 5.74) is 0. The molecule has 8 heteroatoms. The molecule has 26 heavy (non-hydrogen) atoms. The molecule has 0 bridgehead atoms. The number of carbonyl (C=O) groups excluding carboxylic acids is 1. The van der Waals surface area contributed by atoms with Crippen LogP contribution in [-0.2, 0) is 14.8 Å². The molecule has 3 rings (SSSR count). The van der Waals surface area contributed by atoms with Crippen molar-refractivity contribution in [2.24, 2.45) is 0 Å². The number of hydrogen-bond acceptors (Lipinski definition) is 4. The number of benzene rings is 1. The van der Waals surface area contributed by atoms with Gasteiger partial charge in [0.05, 0.1) is 4.90 Å². The third kappa shape index (κ3) is 4.65. The number of carbonyl (C=O) groups is 1. The summed E-state index contributed by atoms with van der Waals surface area (Å²) in [7, 11) is -3.60. The van der Waals surface area contributed by atoms with Gasteiger partial charge in [-0.05, 0) is 37.1 Å². The van der Waals surface area contributed by atoms with Crippen LogP contribution in [0.15, 0.2) is 33.6 Å². The van der Waals surface area contributed by atoms with E-state index in [0.717, 1.165) is 43.2 Å². The third-order valence-electron chi connectivity index (χ3n) is 5.17. The third-order valence-corrected chi connectivity index (χ3v) is 7.66. The Kier molecular flexibility index (Phi) is 6.71. The molecule has 144 valence electrons. The summed E-state index contributed by atoms with van der Waals surface area (Å²) in [6, 6.07) is 6.73. The van der Waals surface area contributed by atoms with Crippen molar-refractivity contribution in [2.45, 2.75) is 43.0 Å². The summed E-state index contributed by atoms with van der Waals surface area (Å²) in [6.07, 6.45) is 4.08. The minimum atomic E-state index is -3.60. The maximum absolute atomic E-state index is 13.2. The van der Waals surface area contributed by atoms with Crippen molar-refractivity contribution >= 4 is 31.9 Å². The number of hydrogen-bond donors (Lipinski definition) is 1. The fourth-order valence-corrected chi connectivity index (χ4v) is 5.66. The van der Waals surface area contributed by atoms with Crippen molar-refractivity contribution in [3.05, 3.63) is 28.7 Å². The Bertz CT molecular complexity index is 712. The number of amides is 1. The van der Waals surface area contributed by atoms with Crippen molar-refractivity contribution in [3.63, 3.8) is 0 Å². The van der Waals surface area contributed by atoms with Gasteiger partial charge in [0.2, 0.25) is 15.9 Å². The maximum atomic E-state index is 13.2. The highest BCUT2D eigenvalue weighted by atomic mass is 79.9. The van der Waals surface area contributed by atoms with Crippen LogP contribution < -0.4 is 5.32 Å². The number of rotatable bonds is 6. The molecule has 0 aromatic heterocycles. The van der Waals surface area contributed by atoms with Crippen molar-refractivity contribution in [2.75, 3.05) is 32.7 Å². The highest BCUT2D eigenvalue weighted by Crippen LogP contribution is 2.29. The maximum Gasteiger partial charge on any atom is 0.243 e. The molecule has 1 aromatic carbocycles. The van der Waals surface area contributed by atoms with Gasteiger partial charge in [0.15, 0.2) is 0 Å². The average molecular weight is 444 g/mol. The van der Waals surface area contributed by atoms with Gasteiger partial charge in [-0.2, -0.15) is 4.31 Å². The van der Waals surface area contributed by atoms with E-state index in [-0.39, 0.29) is 24.9 Å². The Morgan fingerprint density at radius 3 is 2.38 bits per heavy atom. The van der Waals surface area contributed by atoms with E-state index in [1.54, 1.807) is 28.6 Å². The van der Waals surface area contributed by atoms with E-state index in [1.807, 2.05) is 4.90 Å². The highest BCUT2D eigenvalue weighted by Gasteiger charge is 2.33. The minimum absolute atomic E-state index is 0.000491. The van der Waals surface area contributed by atoms with Gasteiger partial charge in [-0.15, -0.1) is 0 Å². The van der Waals surface area contributed by atoms with Gasteiger partial charge in [0.1, 0.15) is 0 Å². The number of sulfonamides is 1. The van der Waals surface area contributed by atoms with Crippen LogP contribution in [-0.4, -0.2) is 62.3 Å². The zero-order chi connectivity index (χ0) is 18.6. The van der Waals surface area contributed by atoms with Gasteiger partial charge in [0.25, 0.3) is 0 Å². The van der Waals surface area contributed by atoms with Crippen LogP contribution >= 0.6 is 15.9 Å². The van der Waals surface area contributed by atoms with E-state index in [2.05, 4.69) is 21.2 Å². The molecule has 0 spiro atoms. The van der Waals surface area contributed by atoms with Crippen molar-refractivity contribution in [3.8, 4) is 0 Å². The van der Waals surface area contributed by atoms with Gasteiger partial charge in [-0.1, -0.05) is 28.8 Å². The van der Waals surface area contributed by atoms with E-state index >= 15 is 0 Å². The predicted molar refractivity (Wildman–Crippen MR) is 104 cm³/mol. The highest BCUT2D eigenvalue weighted by molar-refractivity contribution is 9.10. The zero-order valence-corrected chi connectivity index (χ0v) is 17.3. The standard InChI is InChI=1S/C18H26BrN3O3S/c19-15-5-7-17(8-6-15)26(24,25)22(16-3-1-2-4-16)12-9-18(23)21-13-10-20-11-14-21/h5-8,16,20H,1-4,9-14H2. The number of halogens is 1. The van der Waals surface area contributed by atoms with Crippen molar-refractivity contribution < 1.29 is 13.2 Å². The first-order valence-corrected chi connectivity index (χ1v) is 11.5. The van der Waals surface area contributed by atoms with Gasteiger partial charge < -0.3 is 10.2 Å². The molecule has 1 amide bonds. The Hall–Kier alpha value is -0.960. The Balaban J connectivity index is 1.74. The van der Waals surface area contributed by atoms with Crippen LogP contribution in [0.25, 0.3) is 0 Å². The SMILES string of the molecule is O=C(CCN(C1CCCC1)S(=O)(=O)c1ccc(Br)cc1)N1CCNCC1. The second kappa shape index (κ2) is 8.82. The smallest absolute Gasteiger partial charge is 0.243 e. The van der Waals surface area contributed by atoms with E-state index in [1.165, 1.54) is 0 Å². The molecule has 1 aliphatic heterocycles. The summed E-state index contributed by atoms with van der Waals surface area (Å²) in [5, 5.41) is 3.23. The number of nitrogens with one attached hydrogen (secondary N) is 1. The van der Waals surface area contributed by atoms with Crippen LogP contribution in [0, 0.1) is 0 Å². The van der Waals surface area contributed by atoms with E-state index < -0.39 is 10.0 Å². The van der Waals surface area contributed by atoms with Gasteiger partial charge in [0, 0.05) is 49.7 Å². The lowest BCUT2D eigenvalue weighted by Gasteiger charge is -2.31. The summed E-state index contributed by atoms with van der Waals surface area (Å²) in [4.78, 5) is 14.6. The molecule has 1 aliphatic carbocycles. The minimum Gasteiger partial charge on any atom is -0.340 e. The molecule has 1 saturated carbocycles. The van der Waals surface area contributed by atoms with Crippen LogP contribution in [0.5, 0.6) is 0 Å². The fraction of sp³-hybridized carbons (Fsp3) is 0.611. The van der Waals surface area contributed by atoms with E-state index in [0.29, 0.717) is 18.0 Å². The lowest BCUT2D eigenvalue weighted by molar-refractivity contribution is -0.131. The number of nitrogens with zero attached hydrogens (tertiary/aromatic N) is 2. The van der Waals surface area contributed by atoms with Crippen molar-refractivity contribution in [1.82, 2.24) is 14.5 Å². The molecular formula is C18H26BrN3O3S. The number of piperazine rings is 1. The summed E-state index contributed by atoms with van der Waals surface area (Å²) in [5.74, 6) is 0.0421. The first-order chi connectivity index (χ1) is 12.5. The molecule has 0 atom stereocenters. The normalized spacial score (nSPS) is 19.2. The van der Waals surface area contributed by atoms with Gasteiger partial charge in [-0.3, -0.25) is 4.79 Å². The first kappa shape index (κ1) is 19.8. The topological polar surface area (TPSA) is 69.7 Å². The van der Waals surface area contributed by atoms with Crippen LogP contribution in [0.4, 0.5) is 0 Å². The second-order valence-electron chi connectivity index (χ2n) is 6.89.